The molecule has 0 unspecified atom stereocenters. The van der Waals surface area contributed by atoms with Crippen molar-refractivity contribution in [3.05, 3.63) is 75.6 Å². The van der Waals surface area contributed by atoms with Crippen molar-refractivity contribution in [2.24, 2.45) is 11.0 Å². The van der Waals surface area contributed by atoms with E-state index in [4.69, 9.17) is 4.74 Å². The van der Waals surface area contributed by atoms with Crippen LogP contribution in [-0.4, -0.2) is 59.2 Å². The van der Waals surface area contributed by atoms with Crippen molar-refractivity contribution in [3.8, 4) is 0 Å². The van der Waals surface area contributed by atoms with Crippen molar-refractivity contribution in [2.75, 3.05) is 26.8 Å². The van der Waals surface area contributed by atoms with Crippen LogP contribution in [0.25, 0.3) is 0 Å². The highest BCUT2D eigenvalue weighted by atomic mass is 19.1. The van der Waals surface area contributed by atoms with Crippen LogP contribution >= 0.6 is 0 Å². The molecule has 1 aliphatic carbocycles. The lowest BCUT2D eigenvalue weighted by atomic mass is 9.98. The van der Waals surface area contributed by atoms with Crippen molar-refractivity contribution in [3.63, 3.8) is 0 Å². The molecule has 2 aliphatic rings. The molecule has 0 N–H and O–H groups in total. The van der Waals surface area contributed by atoms with Crippen molar-refractivity contribution in [1.29, 1.82) is 0 Å². The summed E-state index contributed by atoms with van der Waals surface area (Å²) in [6.45, 7) is 0.399. The predicted octanol–water partition coefficient (Wildman–Crippen LogP) is 3.30. The van der Waals surface area contributed by atoms with Gasteiger partial charge in [-0.15, -0.1) is 0 Å². The van der Waals surface area contributed by atoms with E-state index in [9.17, 15) is 24.1 Å². The second-order valence-electron chi connectivity index (χ2n) is 8.39. The first-order valence-corrected chi connectivity index (χ1v) is 11.0. The van der Waals surface area contributed by atoms with Crippen LogP contribution in [0.4, 0.5) is 10.1 Å². The van der Waals surface area contributed by atoms with E-state index >= 15 is 0 Å². The molecule has 1 fully saturated rings. The third kappa shape index (κ3) is 5.28. The fraction of sp³-hybridized carbons (Fsp3) is 0.375. The Bertz CT molecular complexity index is 1120. The summed E-state index contributed by atoms with van der Waals surface area (Å²) in [5.41, 5.74) is 1.67. The molecule has 0 spiro atoms. The number of halogens is 1. The minimum atomic E-state index is -0.590. The van der Waals surface area contributed by atoms with Crippen LogP contribution in [0.5, 0.6) is 0 Å². The van der Waals surface area contributed by atoms with Crippen LogP contribution in [0, 0.1) is 21.8 Å². The number of non-ortho nitro benzene ring substituents is 1. The second-order valence-corrected chi connectivity index (χ2v) is 8.39. The average molecular weight is 468 g/mol. The van der Waals surface area contributed by atoms with Gasteiger partial charge in [0.25, 0.3) is 11.6 Å². The summed E-state index contributed by atoms with van der Waals surface area (Å²) in [5.74, 6) is -0.940. The van der Waals surface area contributed by atoms with Gasteiger partial charge in [-0.1, -0.05) is 24.3 Å². The maximum absolute atomic E-state index is 13.4. The minimum Gasteiger partial charge on any atom is -0.383 e. The predicted molar refractivity (Wildman–Crippen MR) is 121 cm³/mol. The Morgan fingerprint density at radius 3 is 2.62 bits per heavy atom. The molecule has 178 valence electrons. The highest BCUT2D eigenvalue weighted by Gasteiger charge is 2.38. The van der Waals surface area contributed by atoms with Gasteiger partial charge in [-0.3, -0.25) is 19.7 Å². The summed E-state index contributed by atoms with van der Waals surface area (Å²) in [6.07, 6.45) is 1.92. The van der Waals surface area contributed by atoms with E-state index in [1.165, 1.54) is 41.3 Å². The van der Waals surface area contributed by atoms with Gasteiger partial charge >= 0.3 is 0 Å². The fourth-order valence-corrected chi connectivity index (χ4v) is 3.96. The van der Waals surface area contributed by atoms with Gasteiger partial charge in [-0.2, -0.15) is 5.10 Å². The summed E-state index contributed by atoms with van der Waals surface area (Å²) >= 11 is 0. The summed E-state index contributed by atoms with van der Waals surface area (Å²) in [6, 6.07) is 11.3. The number of hydrazone groups is 1. The smallest absolute Gasteiger partial charge is 0.269 e. The Labute approximate surface area is 195 Å². The molecule has 2 aromatic carbocycles. The lowest BCUT2D eigenvalue weighted by molar-refractivity contribution is -0.385. The van der Waals surface area contributed by atoms with Gasteiger partial charge < -0.3 is 9.64 Å². The maximum Gasteiger partial charge on any atom is 0.269 e. The number of nitro groups is 1. The molecule has 1 atom stereocenters. The number of benzene rings is 2. The van der Waals surface area contributed by atoms with Crippen LogP contribution in [-0.2, 0) is 14.3 Å². The average Bonchev–Trinajstić information content (AvgIpc) is 3.59. The molecule has 2 aromatic rings. The van der Waals surface area contributed by atoms with Gasteiger partial charge in [-0.25, -0.2) is 9.40 Å². The van der Waals surface area contributed by atoms with E-state index in [2.05, 4.69) is 5.10 Å². The number of nitro benzene ring substituents is 1. The lowest BCUT2D eigenvalue weighted by Gasteiger charge is -2.27. The van der Waals surface area contributed by atoms with E-state index in [1.807, 2.05) is 0 Å². The minimum absolute atomic E-state index is 0.0610. The fourth-order valence-electron chi connectivity index (χ4n) is 3.96. The Morgan fingerprint density at radius 2 is 1.97 bits per heavy atom. The van der Waals surface area contributed by atoms with Gasteiger partial charge in [0.2, 0.25) is 5.91 Å². The SMILES string of the molecule is COCCN(CC(=O)N1N=C(c2ccc(F)cc2)C[C@@H]1c1cccc([N+](=O)[O-])c1)C(=O)C1CC1. The van der Waals surface area contributed by atoms with E-state index in [0.29, 0.717) is 29.9 Å². The van der Waals surface area contributed by atoms with Gasteiger partial charge in [-0.05, 0) is 36.1 Å². The molecule has 0 radical (unpaired) electrons. The van der Waals surface area contributed by atoms with Crippen molar-refractivity contribution in [1.82, 2.24) is 9.91 Å². The third-order valence-corrected chi connectivity index (χ3v) is 5.94. The third-order valence-electron chi connectivity index (χ3n) is 5.94. The molecule has 1 heterocycles. The number of methoxy groups -OCH3 is 1. The zero-order chi connectivity index (χ0) is 24.2. The number of rotatable bonds is 9. The highest BCUT2D eigenvalue weighted by molar-refractivity contribution is 6.03. The number of hydrogen-bond acceptors (Lipinski definition) is 6. The maximum atomic E-state index is 13.4. The molecule has 1 saturated carbocycles. The molecule has 0 aromatic heterocycles. The van der Waals surface area contributed by atoms with Crippen LogP contribution in [0.3, 0.4) is 0 Å². The Balaban J connectivity index is 1.63. The first-order valence-electron chi connectivity index (χ1n) is 11.0. The Morgan fingerprint density at radius 1 is 1.24 bits per heavy atom. The quantitative estimate of drug-likeness (QED) is 0.415. The molecule has 0 bridgehead atoms. The van der Waals surface area contributed by atoms with Gasteiger partial charge in [0.05, 0.1) is 23.3 Å². The number of carbonyl (C=O) groups is 2. The van der Waals surface area contributed by atoms with Crippen molar-refractivity contribution >= 4 is 23.2 Å². The largest absolute Gasteiger partial charge is 0.383 e. The summed E-state index contributed by atoms with van der Waals surface area (Å²) in [4.78, 5) is 38.4. The number of amides is 2. The number of hydrogen-bond donors (Lipinski definition) is 0. The lowest BCUT2D eigenvalue weighted by Crippen LogP contribution is -2.43. The first-order chi connectivity index (χ1) is 16.4. The second kappa shape index (κ2) is 10.1. The van der Waals surface area contributed by atoms with E-state index in [1.54, 1.807) is 24.3 Å². The molecule has 4 rings (SSSR count). The van der Waals surface area contributed by atoms with Gasteiger partial charge in [0.1, 0.15) is 12.4 Å². The van der Waals surface area contributed by atoms with Crippen molar-refractivity contribution in [2.45, 2.75) is 25.3 Å². The molecular weight excluding hydrogens is 443 g/mol. The molecule has 2 amide bonds. The number of nitrogens with zero attached hydrogens (tertiary/aromatic N) is 4. The van der Waals surface area contributed by atoms with Crippen LogP contribution in [0.2, 0.25) is 0 Å². The Hall–Kier alpha value is -3.66. The molecule has 1 aliphatic heterocycles. The van der Waals surface area contributed by atoms with E-state index < -0.39 is 22.7 Å². The highest BCUT2D eigenvalue weighted by Crippen LogP contribution is 2.35. The summed E-state index contributed by atoms with van der Waals surface area (Å²) in [7, 11) is 1.53. The van der Waals surface area contributed by atoms with Crippen LogP contribution in [0.1, 0.15) is 36.4 Å². The summed E-state index contributed by atoms with van der Waals surface area (Å²) < 4.78 is 18.5. The van der Waals surface area contributed by atoms with E-state index in [0.717, 1.165) is 12.8 Å². The van der Waals surface area contributed by atoms with Crippen molar-refractivity contribution < 1.29 is 23.6 Å². The van der Waals surface area contributed by atoms with E-state index in [-0.39, 0.29) is 30.6 Å². The van der Waals surface area contributed by atoms with Crippen LogP contribution in [0.15, 0.2) is 53.6 Å². The molecule has 34 heavy (non-hydrogen) atoms. The van der Waals surface area contributed by atoms with Gasteiger partial charge in [0.15, 0.2) is 0 Å². The standard InChI is InChI=1S/C24H25FN4O5/c1-34-12-11-27(24(31)17-5-6-17)15-23(30)28-22(18-3-2-4-20(13-18)29(32)33)14-21(26-28)16-7-9-19(25)10-8-16/h2-4,7-10,13,17,22H,5-6,11-12,14-15H2,1H3/t22-/m1/s1. The molecule has 10 heteroatoms. The molecule has 9 nitrogen and oxygen atoms in total. The number of ether oxygens (including phenoxy) is 1. The number of carbonyl (C=O) groups excluding carboxylic acids is 2. The molecule has 0 saturated heterocycles. The molecular formula is C24H25FN4O5. The Kier molecular flexibility index (Phi) is 6.97. The topological polar surface area (TPSA) is 105 Å². The zero-order valence-corrected chi connectivity index (χ0v) is 18.7. The first kappa shape index (κ1) is 23.5. The monoisotopic (exact) mass is 468 g/mol. The van der Waals surface area contributed by atoms with Crippen LogP contribution < -0.4 is 0 Å². The zero-order valence-electron chi connectivity index (χ0n) is 18.7. The summed E-state index contributed by atoms with van der Waals surface area (Å²) in [5, 5.41) is 17.1. The normalized spacial score (nSPS) is 17.4. The van der Waals surface area contributed by atoms with Gasteiger partial charge in [0, 0.05) is 38.1 Å².